The first-order valence-corrected chi connectivity index (χ1v) is 5.52. The van der Waals surface area contributed by atoms with E-state index in [2.05, 4.69) is 5.10 Å². The minimum absolute atomic E-state index is 0.346. The second-order valence-corrected chi connectivity index (χ2v) is 4.39. The normalized spacial score (nSPS) is 11.8. The number of hydrogen-bond donors (Lipinski definition) is 0. The average Bonchev–Trinajstić information content (AvgIpc) is 2.63. The highest BCUT2D eigenvalue weighted by Gasteiger charge is 2.33. The van der Waals surface area contributed by atoms with Crippen LogP contribution in [0.1, 0.15) is 22.4 Å². The molecule has 0 unspecified atom stereocenters. The summed E-state index contributed by atoms with van der Waals surface area (Å²) < 4.78 is 38.5. The van der Waals surface area contributed by atoms with Crippen molar-refractivity contribution in [1.29, 1.82) is 0 Å². The van der Waals surface area contributed by atoms with E-state index in [1.54, 1.807) is 0 Å². The van der Waals surface area contributed by atoms with E-state index >= 15 is 0 Å². The van der Waals surface area contributed by atoms with Gasteiger partial charge in [-0.25, -0.2) is 0 Å². The van der Waals surface area contributed by atoms with Gasteiger partial charge in [-0.3, -0.25) is 4.68 Å². The lowest BCUT2D eigenvalue weighted by Crippen LogP contribution is -2.08. The molecule has 0 aliphatic carbocycles. The summed E-state index contributed by atoms with van der Waals surface area (Å²) in [4.78, 5) is 0. The van der Waals surface area contributed by atoms with E-state index < -0.39 is 11.9 Å². The summed E-state index contributed by atoms with van der Waals surface area (Å²) in [6.45, 7) is 4.26. The molecular formula is C13H13F3N2. The van der Waals surface area contributed by atoms with Crippen molar-refractivity contribution in [1.82, 2.24) is 9.78 Å². The summed E-state index contributed by atoms with van der Waals surface area (Å²) in [5, 5.41) is 3.53. The van der Waals surface area contributed by atoms with Crippen LogP contribution >= 0.6 is 0 Å². The molecule has 0 spiro atoms. The van der Waals surface area contributed by atoms with E-state index in [0.717, 1.165) is 22.8 Å². The lowest BCUT2D eigenvalue weighted by molar-refractivity contribution is -0.141. The van der Waals surface area contributed by atoms with Crippen LogP contribution < -0.4 is 0 Å². The zero-order valence-electron chi connectivity index (χ0n) is 10.1. The Hall–Kier alpha value is -1.78. The first-order chi connectivity index (χ1) is 8.34. The fraction of sp³-hybridized carbons (Fsp3) is 0.308. The van der Waals surface area contributed by atoms with Gasteiger partial charge in [0.15, 0.2) is 5.69 Å². The lowest BCUT2D eigenvalue weighted by atomic mass is 10.1. The molecule has 2 aromatic rings. The predicted octanol–water partition coefficient (Wildman–Crippen LogP) is 3.57. The average molecular weight is 254 g/mol. The van der Waals surface area contributed by atoms with Gasteiger partial charge < -0.3 is 0 Å². The van der Waals surface area contributed by atoms with Crippen LogP contribution in [0.3, 0.4) is 0 Å². The zero-order valence-corrected chi connectivity index (χ0v) is 10.1. The summed E-state index contributed by atoms with van der Waals surface area (Å²) in [6, 6.07) is 6.90. The maximum Gasteiger partial charge on any atom is 0.435 e. The topological polar surface area (TPSA) is 17.8 Å². The Morgan fingerprint density at radius 3 is 2.22 bits per heavy atom. The van der Waals surface area contributed by atoms with E-state index in [-0.39, 0.29) is 0 Å². The fourth-order valence-corrected chi connectivity index (χ4v) is 1.95. The van der Waals surface area contributed by atoms with Crippen molar-refractivity contribution in [3.05, 3.63) is 52.8 Å². The van der Waals surface area contributed by atoms with E-state index in [9.17, 15) is 13.2 Å². The molecule has 0 saturated heterocycles. The molecule has 18 heavy (non-hydrogen) atoms. The lowest BCUT2D eigenvalue weighted by Gasteiger charge is -2.06. The van der Waals surface area contributed by atoms with Crippen molar-refractivity contribution in [3.63, 3.8) is 0 Å². The van der Waals surface area contributed by atoms with Gasteiger partial charge in [-0.2, -0.15) is 18.3 Å². The highest BCUT2D eigenvalue weighted by atomic mass is 19.4. The van der Waals surface area contributed by atoms with Crippen LogP contribution in [0.15, 0.2) is 30.5 Å². The Kier molecular flexibility index (Phi) is 3.15. The Balaban J connectivity index is 2.21. The van der Waals surface area contributed by atoms with Gasteiger partial charge in [0.05, 0.1) is 6.54 Å². The van der Waals surface area contributed by atoms with Crippen LogP contribution in [-0.4, -0.2) is 9.78 Å². The molecule has 96 valence electrons. The second kappa shape index (κ2) is 4.48. The van der Waals surface area contributed by atoms with Crippen molar-refractivity contribution in [2.75, 3.05) is 0 Å². The van der Waals surface area contributed by atoms with Crippen LogP contribution in [-0.2, 0) is 12.7 Å². The molecule has 2 nitrogen and oxygen atoms in total. The largest absolute Gasteiger partial charge is 0.435 e. The number of aryl methyl sites for hydroxylation is 2. The second-order valence-electron chi connectivity index (χ2n) is 4.39. The summed E-state index contributed by atoms with van der Waals surface area (Å²) in [5.74, 6) is 0. The van der Waals surface area contributed by atoms with E-state index in [1.165, 1.54) is 10.9 Å². The van der Waals surface area contributed by atoms with Crippen molar-refractivity contribution >= 4 is 0 Å². The quantitative estimate of drug-likeness (QED) is 0.801. The molecule has 5 heteroatoms. The molecule has 0 amide bonds. The molecular weight excluding hydrogens is 241 g/mol. The van der Waals surface area contributed by atoms with Gasteiger partial charge in [-0.15, -0.1) is 0 Å². The maximum absolute atomic E-state index is 12.4. The molecule has 0 aliphatic heterocycles. The Labute approximate surface area is 103 Å². The van der Waals surface area contributed by atoms with Gasteiger partial charge in [0, 0.05) is 6.20 Å². The van der Waals surface area contributed by atoms with Crippen LogP contribution in [0.25, 0.3) is 0 Å². The van der Waals surface area contributed by atoms with Crippen molar-refractivity contribution < 1.29 is 13.2 Å². The van der Waals surface area contributed by atoms with E-state index in [1.807, 2.05) is 32.0 Å². The maximum atomic E-state index is 12.4. The van der Waals surface area contributed by atoms with Crippen LogP contribution in [0, 0.1) is 13.8 Å². The first-order valence-electron chi connectivity index (χ1n) is 5.52. The molecule has 1 aromatic heterocycles. The zero-order chi connectivity index (χ0) is 13.3. The minimum Gasteiger partial charge on any atom is -0.268 e. The van der Waals surface area contributed by atoms with Gasteiger partial charge >= 0.3 is 6.18 Å². The standard InChI is InChI=1S/C13H13F3N2/c1-9-5-10(2)7-11(6-9)8-18-4-3-12(17-18)13(14,15)16/h3-7H,8H2,1-2H3. The smallest absolute Gasteiger partial charge is 0.268 e. The van der Waals surface area contributed by atoms with Crippen molar-refractivity contribution in [2.45, 2.75) is 26.6 Å². The molecule has 0 fully saturated rings. The highest BCUT2D eigenvalue weighted by molar-refractivity contribution is 5.28. The Bertz CT molecular complexity index is 535. The van der Waals surface area contributed by atoms with Gasteiger partial charge in [-0.1, -0.05) is 29.3 Å². The predicted molar refractivity (Wildman–Crippen MR) is 62.2 cm³/mol. The first kappa shape index (κ1) is 12.7. The van der Waals surface area contributed by atoms with Crippen LogP contribution in [0.5, 0.6) is 0 Å². The molecule has 0 N–H and O–H groups in total. The van der Waals surface area contributed by atoms with Gasteiger partial charge in [0.2, 0.25) is 0 Å². The number of rotatable bonds is 2. The number of halogens is 3. The highest BCUT2D eigenvalue weighted by Crippen LogP contribution is 2.27. The minimum atomic E-state index is -4.38. The van der Waals surface area contributed by atoms with E-state index in [4.69, 9.17) is 0 Å². The summed E-state index contributed by atoms with van der Waals surface area (Å²) in [7, 11) is 0. The Morgan fingerprint density at radius 2 is 1.72 bits per heavy atom. The van der Waals surface area contributed by atoms with Crippen LogP contribution in [0.4, 0.5) is 13.2 Å². The SMILES string of the molecule is Cc1cc(C)cc(Cn2ccc(C(F)(F)F)n2)c1. The molecule has 2 rings (SSSR count). The number of nitrogens with zero attached hydrogens (tertiary/aromatic N) is 2. The van der Waals surface area contributed by atoms with Gasteiger partial charge in [0.1, 0.15) is 0 Å². The molecule has 0 atom stereocenters. The molecule has 1 heterocycles. The summed E-state index contributed by atoms with van der Waals surface area (Å²) in [5.41, 5.74) is 2.28. The van der Waals surface area contributed by atoms with Gasteiger partial charge in [-0.05, 0) is 25.5 Å². The number of hydrogen-bond acceptors (Lipinski definition) is 1. The number of alkyl halides is 3. The summed E-state index contributed by atoms with van der Waals surface area (Å²) in [6.07, 6.45) is -3.03. The number of aromatic nitrogens is 2. The van der Waals surface area contributed by atoms with Crippen molar-refractivity contribution in [2.24, 2.45) is 0 Å². The molecule has 0 aliphatic rings. The molecule has 0 bridgehead atoms. The van der Waals surface area contributed by atoms with Crippen molar-refractivity contribution in [3.8, 4) is 0 Å². The molecule has 0 radical (unpaired) electrons. The summed E-state index contributed by atoms with van der Waals surface area (Å²) >= 11 is 0. The number of benzene rings is 1. The van der Waals surface area contributed by atoms with Gasteiger partial charge in [0.25, 0.3) is 0 Å². The molecule has 1 aromatic carbocycles. The third-order valence-corrected chi connectivity index (χ3v) is 2.56. The fourth-order valence-electron chi connectivity index (χ4n) is 1.95. The van der Waals surface area contributed by atoms with Crippen LogP contribution in [0.2, 0.25) is 0 Å². The third kappa shape index (κ3) is 2.91. The van der Waals surface area contributed by atoms with E-state index in [0.29, 0.717) is 6.54 Å². The third-order valence-electron chi connectivity index (χ3n) is 2.56. The molecule has 0 saturated carbocycles. The monoisotopic (exact) mass is 254 g/mol. The Morgan fingerprint density at radius 1 is 1.11 bits per heavy atom.